The summed E-state index contributed by atoms with van der Waals surface area (Å²) in [6.07, 6.45) is 0.358. The number of hydrogen-bond acceptors (Lipinski definition) is 3. The fourth-order valence-corrected chi connectivity index (χ4v) is 2.61. The van der Waals surface area contributed by atoms with E-state index in [0.717, 1.165) is 16.9 Å². The summed E-state index contributed by atoms with van der Waals surface area (Å²) < 4.78 is 5.32. The van der Waals surface area contributed by atoms with Crippen molar-refractivity contribution in [2.24, 2.45) is 0 Å². The van der Waals surface area contributed by atoms with Crippen molar-refractivity contribution in [2.45, 2.75) is 33.1 Å². The maximum Gasteiger partial charge on any atom is 0.226 e. The van der Waals surface area contributed by atoms with Crippen molar-refractivity contribution < 1.29 is 9.53 Å². The molecule has 0 aromatic heterocycles. The molecule has 0 saturated carbocycles. The van der Waals surface area contributed by atoms with Gasteiger partial charge in [0.05, 0.1) is 12.8 Å². The lowest BCUT2D eigenvalue weighted by Crippen LogP contribution is -2.16. The number of nitrogens with one attached hydrogen (secondary N) is 2. The summed E-state index contributed by atoms with van der Waals surface area (Å²) in [6, 6.07) is 11.7. The number of halogens is 1. The lowest BCUT2D eigenvalue weighted by Gasteiger charge is -2.13. The summed E-state index contributed by atoms with van der Waals surface area (Å²) >= 11 is 6.10. The fourth-order valence-electron chi connectivity index (χ4n) is 2.46. The van der Waals surface area contributed by atoms with Crippen molar-refractivity contribution in [3.05, 3.63) is 52.5 Å². The molecular weight excluding hydrogens is 336 g/mol. The normalized spacial score (nSPS) is 10.6. The Hall–Kier alpha value is -2.20. The fraction of sp³-hybridized carbons (Fsp3) is 0.350. The van der Waals surface area contributed by atoms with E-state index in [-0.39, 0.29) is 5.91 Å². The van der Waals surface area contributed by atoms with Gasteiger partial charge >= 0.3 is 0 Å². The lowest BCUT2D eigenvalue weighted by atomic mass is 10.0. The molecule has 0 unspecified atom stereocenters. The highest BCUT2D eigenvalue weighted by Crippen LogP contribution is 2.30. The van der Waals surface area contributed by atoms with Crippen LogP contribution in [0, 0.1) is 6.92 Å². The standard InChI is InChI=1S/C20H25ClN2O2/c1-13(2)15-5-7-16(8-6-15)23-20(24)9-10-22-18-11-14(3)17(21)12-19(18)25-4/h5-8,11-13,22H,9-10H2,1-4H3,(H,23,24). The van der Waals surface area contributed by atoms with Crippen molar-refractivity contribution in [1.29, 1.82) is 0 Å². The molecule has 2 rings (SSSR count). The van der Waals surface area contributed by atoms with Crippen LogP contribution >= 0.6 is 11.6 Å². The van der Waals surface area contributed by atoms with Crippen LogP contribution in [0.15, 0.2) is 36.4 Å². The number of carbonyl (C=O) groups excluding carboxylic acids is 1. The SMILES string of the molecule is COc1cc(Cl)c(C)cc1NCCC(=O)Nc1ccc(C(C)C)cc1. The number of methoxy groups -OCH3 is 1. The first-order chi connectivity index (χ1) is 11.9. The predicted octanol–water partition coefficient (Wildman–Crippen LogP) is 5.22. The van der Waals surface area contributed by atoms with Crippen LogP contribution in [0.1, 0.15) is 37.3 Å². The molecular formula is C20H25ClN2O2. The van der Waals surface area contributed by atoms with Gasteiger partial charge in [0.25, 0.3) is 0 Å². The van der Waals surface area contributed by atoms with Gasteiger partial charge in [-0.2, -0.15) is 0 Å². The molecule has 0 atom stereocenters. The van der Waals surface area contributed by atoms with Crippen molar-refractivity contribution in [3.8, 4) is 5.75 Å². The molecule has 2 N–H and O–H groups in total. The van der Waals surface area contributed by atoms with Gasteiger partial charge in [-0.15, -0.1) is 0 Å². The molecule has 0 aliphatic carbocycles. The summed E-state index contributed by atoms with van der Waals surface area (Å²) in [5, 5.41) is 6.80. The van der Waals surface area contributed by atoms with Crippen LogP contribution in [0.2, 0.25) is 5.02 Å². The number of rotatable bonds is 7. The van der Waals surface area contributed by atoms with E-state index in [9.17, 15) is 4.79 Å². The largest absolute Gasteiger partial charge is 0.495 e. The number of ether oxygens (including phenoxy) is 1. The van der Waals surface area contributed by atoms with E-state index in [2.05, 4.69) is 24.5 Å². The van der Waals surface area contributed by atoms with Gasteiger partial charge in [-0.3, -0.25) is 4.79 Å². The molecule has 0 fully saturated rings. The Balaban J connectivity index is 1.87. The predicted molar refractivity (Wildman–Crippen MR) is 105 cm³/mol. The Kier molecular flexibility index (Phi) is 6.71. The van der Waals surface area contributed by atoms with Crippen LogP contribution in [-0.4, -0.2) is 19.6 Å². The van der Waals surface area contributed by atoms with Gasteiger partial charge in [0.15, 0.2) is 0 Å². The van der Waals surface area contributed by atoms with Crippen LogP contribution in [0.3, 0.4) is 0 Å². The molecule has 5 heteroatoms. The minimum atomic E-state index is -0.0329. The summed E-state index contributed by atoms with van der Waals surface area (Å²) in [6.45, 7) is 6.73. The Morgan fingerprint density at radius 1 is 1.20 bits per heavy atom. The first-order valence-corrected chi connectivity index (χ1v) is 8.76. The zero-order valence-electron chi connectivity index (χ0n) is 15.2. The molecule has 0 aliphatic heterocycles. The van der Waals surface area contributed by atoms with Crippen molar-refractivity contribution in [2.75, 3.05) is 24.3 Å². The van der Waals surface area contributed by atoms with Gasteiger partial charge in [-0.05, 0) is 42.2 Å². The topological polar surface area (TPSA) is 50.4 Å². The maximum atomic E-state index is 12.1. The lowest BCUT2D eigenvalue weighted by molar-refractivity contribution is -0.115. The van der Waals surface area contributed by atoms with Gasteiger partial charge in [-0.1, -0.05) is 37.6 Å². The monoisotopic (exact) mass is 360 g/mol. The second kappa shape index (κ2) is 8.77. The Bertz CT molecular complexity index is 727. The number of aryl methyl sites for hydroxylation is 1. The van der Waals surface area contributed by atoms with Gasteiger partial charge in [0.2, 0.25) is 5.91 Å². The minimum Gasteiger partial charge on any atom is -0.495 e. The third kappa shape index (κ3) is 5.40. The quantitative estimate of drug-likeness (QED) is 0.711. The molecule has 0 radical (unpaired) electrons. The van der Waals surface area contributed by atoms with Crippen LogP contribution < -0.4 is 15.4 Å². The molecule has 1 amide bonds. The van der Waals surface area contributed by atoms with E-state index in [0.29, 0.717) is 29.7 Å². The van der Waals surface area contributed by atoms with Crippen LogP contribution in [0.5, 0.6) is 5.75 Å². The molecule has 0 bridgehead atoms. The van der Waals surface area contributed by atoms with Gasteiger partial charge < -0.3 is 15.4 Å². The molecule has 25 heavy (non-hydrogen) atoms. The first kappa shape index (κ1) is 19.1. The van der Waals surface area contributed by atoms with E-state index >= 15 is 0 Å². The van der Waals surface area contributed by atoms with Crippen molar-refractivity contribution in [3.63, 3.8) is 0 Å². The molecule has 2 aromatic carbocycles. The molecule has 4 nitrogen and oxygen atoms in total. The Morgan fingerprint density at radius 2 is 1.88 bits per heavy atom. The van der Waals surface area contributed by atoms with Crippen LogP contribution in [-0.2, 0) is 4.79 Å². The average Bonchev–Trinajstić information content (AvgIpc) is 2.58. The highest BCUT2D eigenvalue weighted by Gasteiger charge is 2.08. The Labute approximate surface area is 154 Å². The smallest absolute Gasteiger partial charge is 0.226 e. The molecule has 0 aliphatic rings. The van der Waals surface area contributed by atoms with Gasteiger partial charge in [-0.25, -0.2) is 0 Å². The number of amides is 1. The first-order valence-electron chi connectivity index (χ1n) is 8.38. The summed E-state index contributed by atoms with van der Waals surface area (Å²) in [5.74, 6) is 1.11. The Morgan fingerprint density at radius 3 is 2.48 bits per heavy atom. The number of carbonyl (C=O) groups is 1. The number of benzene rings is 2. The zero-order valence-corrected chi connectivity index (χ0v) is 15.9. The molecule has 0 saturated heterocycles. The second-order valence-corrected chi connectivity index (χ2v) is 6.71. The summed E-state index contributed by atoms with van der Waals surface area (Å²) in [4.78, 5) is 12.1. The second-order valence-electron chi connectivity index (χ2n) is 6.30. The molecule has 2 aromatic rings. The molecule has 0 spiro atoms. The average molecular weight is 361 g/mol. The third-order valence-corrected chi connectivity index (χ3v) is 4.42. The van der Waals surface area contributed by atoms with Crippen LogP contribution in [0.25, 0.3) is 0 Å². The number of anilines is 2. The minimum absolute atomic E-state index is 0.0329. The van der Waals surface area contributed by atoms with E-state index in [1.807, 2.05) is 37.3 Å². The zero-order chi connectivity index (χ0) is 18.4. The van der Waals surface area contributed by atoms with Crippen molar-refractivity contribution in [1.82, 2.24) is 0 Å². The molecule has 0 heterocycles. The van der Waals surface area contributed by atoms with Gasteiger partial charge in [0.1, 0.15) is 5.75 Å². The summed E-state index contributed by atoms with van der Waals surface area (Å²) in [7, 11) is 1.60. The number of hydrogen-bond donors (Lipinski definition) is 2. The summed E-state index contributed by atoms with van der Waals surface area (Å²) in [5.41, 5.74) is 3.86. The highest BCUT2D eigenvalue weighted by atomic mass is 35.5. The third-order valence-electron chi connectivity index (χ3n) is 4.01. The van der Waals surface area contributed by atoms with Crippen LogP contribution in [0.4, 0.5) is 11.4 Å². The van der Waals surface area contributed by atoms with E-state index < -0.39 is 0 Å². The van der Waals surface area contributed by atoms with E-state index in [1.165, 1.54) is 5.56 Å². The van der Waals surface area contributed by atoms with Crippen molar-refractivity contribution >= 4 is 28.9 Å². The maximum absolute atomic E-state index is 12.1. The van der Waals surface area contributed by atoms with Gasteiger partial charge in [0, 0.05) is 29.7 Å². The molecule has 134 valence electrons. The van der Waals surface area contributed by atoms with E-state index in [4.69, 9.17) is 16.3 Å². The van der Waals surface area contributed by atoms with E-state index in [1.54, 1.807) is 13.2 Å². The highest BCUT2D eigenvalue weighted by molar-refractivity contribution is 6.31.